The minimum Gasteiger partial charge on any atom is -0.458 e. The highest BCUT2D eigenvalue weighted by Gasteiger charge is 2.37. The second-order valence-corrected chi connectivity index (χ2v) is 5.15. The van der Waals surface area contributed by atoms with Crippen molar-refractivity contribution in [1.82, 2.24) is 0 Å². The first-order valence-corrected chi connectivity index (χ1v) is 6.86. The molecule has 1 heterocycles. The third-order valence-corrected chi connectivity index (χ3v) is 4.10. The molecule has 0 saturated carbocycles. The summed E-state index contributed by atoms with van der Waals surface area (Å²) in [7, 11) is 1.62. The molecule has 3 nitrogen and oxygen atoms in total. The zero-order chi connectivity index (χ0) is 14.0. The number of aliphatic hydroxyl groups is 1. The molecule has 0 bridgehead atoms. The van der Waals surface area contributed by atoms with Crippen molar-refractivity contribution in [2.45, 2.75) is 38.4 Å². The fourth-order valence-electron chi connectivity index (χ4n) is 2.47. The SMILES string of the molecule is CCC(CC)(OC)C(O)c1cc2cc(Cl)ccc2o1. The van der Waals surface area contributed by atoms with E-state index in [9.17, 15) is 5.11 Å². The van der Waals surface area contributed by atoms with Crippen LogP contribution in [0.5, 0.6) is 0 Å². The molecule has 0 saturated heterocycles. The molecule has 0 aliphatic heterocycles. The van der Waals surface area contributed by atoms with Crippen LogP contribution in [-0.4, -0.2) is 17.8 Å². The average molecular weight is 283 g/mol. The summed E-state index contributed by atoms with van der Waals surface area (Å²) >= 11 is 5.95. The molecule has 0 radical (unpaired) electrons. The maximum absolute atomic E-state index is 10.5. The highest BCUT2D eigenvalue weighted by molar-refractivity contribution is 6.31. The minimum absolute atomic E-state index is 0.516. The van der Waals surface area contributed by atoms with E-state index < -0.39 is 11.7 Å². The lowest BCUT2D eigenvalue weighted by Gasteiger charge is -2.33. The number of fused-ring (bicyclic) bond motifs is 1. The van der Waals surface area contributed by atoms with Gasteiger partial charge in [0, 0.05) is 17.5 Å². The van der Waals surface area contributed by atoms with Crippen LogP contribution in [0.15, 0.2) is 28.7 Å². The highest BCUT2D eigenvalue weighted by Crippen LogP contribution is 2.37. The van der Waals surface area contributed by atoms with Gasteiger partial charge in [0.05, 0.1) is 0 Å². The number of furan rings is 1. The normalized spacial score (nSPS) is 13.9. The number of hydrogen-bond donors (Lipinski definition) is 1. The zero-order valence-corrected chi connectivity index (χ0v) is 12.2. The predicted octanol–water partition coefficient (Wildman–Crippen LogP) is 4.32. The molecule has 0 aliphatic rings. The third kappa shape index (κ3) is 2.50. The van der Waals surface area contributed by atoms with Crippen molar-refractivity contribution >= 4 is 22.6 Å². The predicted molar refractivity (Wildman–Crippen MR) is 76.5 cm³/mol. The van der Waals surface area contributed by atoms with Gasteiger partial charge in [0.2, 0.25) is 0 Å². The maximum Gasteiger partial charge on any atom is 0.140 e. The van der Waals surface area contributed by atoms with Gasteiger partial charge in [-0.2, -0.15) is 0 Å². The second-order valence-electron chi connectivity index (χ2n) is 4.71. The standard InChI is InChI=1S/C15H19ClO3/c1-4-15(5-2,18-3)14(17)13-9-10-8-11(16)6-7-12(10)19-13/h6-9,14,17H,4-5H2,1-3H3. The van der Waals surface area contributed by atoms with E-state index in [2.05, 4.69) is 0 Å². The largest absolute Gasteiger partial charge is 0.458 e. The second kappa shape index (κ2) is 5.53. The van der Waals surface area contributed by atoms with Crippen LogP contribution in [0.3, 0.4) is 0 Å². The third-order valence-electron chi connectivity index (χ3n) is 3.87. The van der Waals surface area contributed by atoms with Gasteiger partial charge in [0.25, 0.3) is 0 Å². The lowest BCUT2D eigenvalue weighted by molar-refractivity contribution is -0.116. The van der Waals surface area contributed by atoms with Gasteiger partial charge in [0.15, 0.2) is 0 Å². The van der Waals surface area contributed by atoms with Crippen LogP contribution in [0, 0.1) is 0 Å². The molecule has 1 aromatic carbocycles. The van der Waals surface area contributed by atoms with Crippen molar-refractivity contribution in [3.8, 4) is 0 Å². The van der Waals surface area contributed by atoms with E-state index in [0.29, 0.717) is 23.6 Å². The van der Waals surface area contributed by atoms with E-state index in [-0.39, 0.29) is 0 Å². The Morgan fingerprint density at radius 1 is 1.32 bits per heavy atom. The van der Waals surface area contributed by atoms with Crippen molar-refractivity contribution in [1.29, 1.82) is 0 Å². The summed E-state index contributed by atoms with van der Waals surface area (Å²) < 4.78 is 11.2. The van der Waals surface area contributed by atoms with E-state index in [1.165, 1.54) is 0 Å². The molecular formula is C15H19ClO3. The van der Waals surface area contributed by atoms with E-state index in [0.717, 1.165) is 11.0 Å². The van der Waals surface area contributed by atoms with Gasteiger partial charge in [-0.15, -0.1) is 0 Å². The summed E-state index contributed by atoms with van der Waals surface area (Å²) in [5.74, 6) is 0.516. The molecule has 0 amide bonds. The Morgan fingerprint density at radius 3 is 2.58 bits per heavy atom. The van der Waals surface area contributed by atoms with E-state index in [1.54, 1.807) is 19.2 Å². The summed E-state index contributed by atoms with van der Waals surface area (Å²) in [4.78, 5) is 0. The number of rotatable bonds is 5. The molecule has 104 valence electrons. The number of ether oxygens (including phenoxy) is 1. The molecule has 0 spiro atoms. The Kier molecular flexibility index (Phi) is 4.19. The van der Waals surface area contributed by atoms with Gasteiger partial charge < -0.3 is 14.3 Å². The van der Waals surface area contributed by atoms with Crippen LogP contribution in [0.1, 0.15) is 38.6 Å². The number of methoxy groups -OCH3 is 1. The van der Waals surface area contributed by atoms with Crippen molar-refractivity contribution in [3.05, 3.63) is 35.0 Å². The highest BCUT2D eigenvalue weighted by atomic mass is 35.5. The fourth-order valence-corrected chi connectivity index (χ4v) is 2.65. The number of hydrogen-bond acceptors (Lipinski definition) is 3. The Labute approximate surface area is 118 Å². The van der Waals surface area contributed by atoms with E-state index in [4.69, 9.17) is 20.8 Å². The first kappa shape index (κ1) is 14.4. The van der Waals surface area contributed by atoms with Crippen molar-refractivity contribution in [3.63, 3.8) is 0 Å². The van der Waals surface area contributed by atoms with Gasteiger partial charge in [-0.05, 0) is 37.1 Å². The van der Waals surface area contributed by atoms with Crippen LogP contribution >= 0.6 is 11.6 Å². The quantitative estimate of drug-likeness (QED) is 0.888. The van der Waals surface area contributed by atoms with Crippen LogP contribution in [-0.2, 0) is 4.74 Å². The Hall–Kier alpha value is -1.03. The number of aliphatic hydroxyl groups excluding tert-OH is 1. The molecule has 2 aromatic rings. The maximum atomic E-state index is 10.5. The van der Waals surface area contributed by atoms with E-state index >= 15 is 0 Å². The fraction of sp³-hybridized carbons (Fsp3) is 0.467. The topological polar surface area (TPSA) is 42.6 Å². The summed E-state index contributed by atoms with van der Waals surface area (Å²) in [6.45, 7) is 3.99. The van der Waals surface area contributed by atoms with Gasteiger partial charge in [-0.25, -0.2) is 0 Å². The minimum atomic E-state index is -0.793. The Morgan fingerprint density at radius 2 is 2.00 bits per heavy atom. The lowest BCUT2D eigenvalue weighted by Crippen LogP contribution is -2.37. The van der Waals surface area contributed by atoms with Gasteiger partial charge >= 0.3 is 0 Å². The number of benzene rings is 1. The van der Waals surface area contributed by atoms with Gasteiger partial charge in [0.1, 0.15) is 23.0 Å². The molecule has 1 N–H and O–H groups in total. The number of halogens is 1. The van der Waals surface area contributed by atoms with Crippen molar-refractivity contribution in [2.24, 2.45) is 0 Å². The molecule has 19 heavy (non-hydrogen) atoms. The average Bonchev–Trinajstić information content (AvgIpc) is 2.84. The smallest absolute Gasteiger partial charge is 0.140 e. The molecule has 1 unspecified atom stereocenters. The van der Waals surface area contributed by atoms with Crippen LogP contribution in [0.25, 0.3) is 11.0 Å². The van der Waals surface area contributed by atoms with Crippen LogP contribution in [0.4, 0.5) is 0 Å². The van der Waals surface area contributed by atoms with Gasteiger partial charge in [-0.3, -0.25) is 0 Å². The molecule has 0 aliphatic carbocycles. The summed E-state index contributed by atoms with van der Waals surface area (Å²) in [5, 5.41) is 12.1. The summed E-state index contributed by atoms with van der Waals surface area (Å²) in [5.41, 5.74) is 0.105. The molecule has 1 atom stereocenters. The Bertz CT molecular complexity index is 549. The van der Waals surface area contributed by atoms with Crippen molar-refractivity contribution < 1.29 is 14.3 Å². The molecular weight excluding hydrogens is 264 g/mol. The summed E-state index contributed by atoms with van der Waals surface area (Å²) in [6.07, 6.45) is 0.622. The van der Waals surface area contributed by atoms with Gasteiger partial charge in [-0.1, -0.05) is 25.4 Å². The van der Waals surface area contributed by atoms with Crippen molar-refractivity contribution in [2.75, 3.05) is 7.11 Å². The van der Waals surface area contributed by atoms with Crippen LogP contribution < -0.4 is 0 Å². The first-order valence-electron chi connectivity index (χ1n) is 6.48. The first-order chi connectivity index (χ1) is 9.06. The zero-order valence-electron chi connectivity index (χ0n) is 11.4. The molecule has 4 heteroatoms. The monoisotopic (exact) mass is 282 g/mol. The Balaban J connectivity index is 2.43. The van der Waals surface area contributed by atoms with Crippen LogP contribution in [0.2, 0.25) is 5.02 Å². The van der Waals surface area contributed by atoms with E-state index in [1.807, 2.05) is 26.0 Å². The summed E-state index contributed by atoms with van der Waals surface area (Å²) in [6, 6.07) is 7.22. The molecule has 0 fully saturated rings. The molecule has 1 aromatic heterocycles. The molecule has 2 rings (SSSR count). The lowest BCUT2D eigenvalue weighted by atomic mass is 9.89.